The number of imidazole rings is 1. The Labute approximate surface area is 136 Å². The van der Waals surface area contributed by atoms with Gasteiger partial charge >= 0.3 is 6.03 Å². The number of aromatic nitrogens is 2. The van der Waals surface area contributed by atoms with Crippen molar-refractivity contribution in [3.8, 4) is 5.75 Å². The van der Waals surface area contributed by atoms with Gasteiger partial charge in [0.1, 0.15) is 11.6 Å². The number of nitrogens with zero attached hydrogens (tertiary/aromatic N) is 2. The van der Waals surface area contributed by atoms with Crippen LogP contribution in [0.25, 0.3) is 0 Å². The molecule has 6 heteroatoms. The van der Waals surface area contributed by atoms with Gasteiger partial charge in [-0.05, 0) is 36.6 Å². The zero-order valence-electron chi connectivity index (χ0n) is 14.1. The fraction of sp³-hybridized carbons (Fsp3) is 0.412. The van der Waals surface area contributed by atoms with Gasteiger partial charge in [0.05, 0.1) is 13.7 Å². The molecule has 124 valence electrons. The van der Waals surface area contributed by atoms with Crippen molar-refractivity contribution in [3.63, 3.8) is 0 Å². The highest BCUT2D eigenvalue weighted by atomic mass is 16.5. The second-order valence-electron chi connectivity index (χ2n) is 5.88. The highest BCUT2D eigenvalue weighted by Gasteiger charge is 2.08. The quantitative estimate of drug-likeness (QED) is 0.860. The van der Waals surface area contributed by atoms with E-state index < -0.39 is 0 Å². The number of amides is 2. The van der Waals surface area contributed by atoms with Crippen LogP contribution in [0, 0.1) is 12.8 Å². The molecule has 2 N–H and O–H groups in total. The number of urea groups is 1. The Morgan fingerprint density at radius 1 is 1.39 bits per heavy atom. The molecule has 0 aliphatic carbocycles. The molecule has 1 aromatic heterocycles. The van der Waals surface area contributed by atoms with Crippen LogP contribution in [0.1, 0.15) is 25.2 Å². The van der Waals surface area contributed by atoms with Gasteiger partial charge < -0.3 is 19.9 Å². The topological polar surface area (TPSA) is 68.2 Å². The summed E-state index contributed by atoms with van der Waals surface area (Å²) in [6.45, 7) is 7.51. The summed E-state index contributed by atoms with van der Waals surface area (Å²) >= 11 is 0. The maximum absolute atomic E-state index is 12.0. The summed E-state index contributed by atoms with van der Waals surface area (Å²) < 4.78 is 7.26. The third kappa shape index (κ3) is 4.74. The van der Waals surface area contributed by atoms with Gasteiger partial charge in [-0.3, -0.25) is 0 Å². The Hall–Kier alpha value is -2.50. The number of rotatable bonds is 6. The van der Waals surface area contributed by atoms with Crippen LogP contribution in [0.3, 0.4) is 0 Å². The van der Waals surface area contributed by atoms with Crippen LogP contribution < -0.4 is 15.4 Å². The molecule has 0 radical (unpaired) electrons. The van der Waals surface area contributed by atoms with Gasteiger partial charge in [-0.15, -0.1) is 0 Å². The number of carbonyl (C=O) groups is 1. The van der Waals surface area contributed by atoms with Crippen molar-refractivity contribution in [3.05, 3.63) is 42.0 Å². The summed E-state index contributed by atoms with van der Waals surface area (Å²) in [7, 11) is 1.63. The minimum Gasteiger partial charge on any atom is -0.496 e. The molecular formula is C17H24N4O2. The second-order valence-corrected chi connectivity index (χ2v) is 5.88. The number of anilines is 1. The predicted octanol–water partition coefficient (Wildman–Crippen LogP) is 3.18. The van der Waals surface area contributed by atoms with Crippen LogP contribution in [0.4, 0.5) is 10.5 Å². The maximum atomic E-state index is 12.0. The molecule has 23 heavy (non-hydrogen) atoms. The molecule has 2 rings (SSSR count). The zero-order chi connectivity index (χ0) is 16.8. The fourth-order valence-corrected chi connectivity index (χ4v) is 2.36. The Morgan fingerprint density at radius 3 is 2.83 bits per heavy atom. The normalized spacial score (nSPS) is 10.7. The van der Waals surface area contributed by atoms with E-state index in [0.29, 0.717) is 12.5 Å². The Morgan fingerprint density at radius 2 is 2.17 bits per heavy atom. The highest BCUT2D eigenvalue weighted by molar-refractivity contribution is 5.89. The molecule has 0 unspecified atom stereocenters. The van der Waals surface area contributed by atoms with E-state index in [-0.39, 0.29) is 6.03 Å². The number of benzene rings is 1. The SMILES string of the molecule is COc1ccc(NC(=O)NCc2nccn2CC(C)C)cc1C. The first-order valence-corrected chi connectivity index (χ1v) is 7.69. The van der Waals surface area contributed by atoms with E-state index in [2.05, 4.69) is 34.0 Å². The maximum Gasteiger partial charge on any atom is 0.319 e. The number of carbonyl (C=O) groups excluding carboxylic acids is 1. The lowest BCUT2D eigenvalue weighted by molar-refractivity contribution is 0.251. The van der Waals surface area contributed by atoms with Gasteiger partial charge in [-0.1, -0.05) is 13.8 Å². The summed E-state index contributed by atoms with van der Waals surface area (Å²) in [6.07, 6.45) is 3.69. The number of methoxy groups -OCH3 is 1. The standard InChI is InChI=1S/C17H24N4O2/c1-12(2)11-21-8-7-18-16(21)10-19-17(22)20-14-5-6-15(23-4)13(3)9-14/h5-9,12H,10-11H2,1-4H3,(H2,19,20,22). The van der Waals surface area contributed by atoms with E-state index in [1.807, 2.05) is 31.3 Å². The summed E-state index contributed by atoms with van der Waals surface area (Å²) in [5, 5.41) is 5.64. The lowest BCUT2D eigenvalue weighted by atomic mass is 10.2. The molecule has 0 saturated carbocycles. The largest absolute Gasteiger partial charge is 0.496 e. The smallest absolute Gasteiger partial charge is 0.319 e. The molecule has 0 aliphatic heterocycles. The lowest BCUT2D eigenvalue weighted by Crippen LogP contribution is -2.29. The summed E-state index contributed by atoms with van der Waals surface area (Å²) in [5.41, 5.74) is 1.70. The molecular weight excluding hydrogens is 292 g/mol. The molecule has 1 aromatic carbocycles. The van der Waals surface area contributed by atoms with E-state index in [1.165, 1.54) is 0 Å². The fourth-order valence-electron chi connectivity index (χ4n) is 2.36. The van der Waals surface area contributed by atoms with Crippen molar-refractivity contribution in [1.82, 2.24) is 14.9 Å². The van der Waals surface area contributed by atoms with E-state index in [9.17, 15) is 4.79 Å². The Kier molecular flexibility index (Phi) is 5.62. The monoisotopic (exact) mass is 316 g/mol. The number of hydrogen-bond donors (Lipinski definition) is 2. The number of ether oxygens (including phenoxy) is 1. The Balaban J connectivity index is 1.90. The van der Waals surface area contributed by atoms with Gasteiger partial charge in [-0.25, -0.2) is 9.78 Å². The van der Waals surface area contributed by atoms with Gasteiger partial charge in [0.25, 0.3) is 0 Å². The minimum absolute atomic E-state index is 0.256. The van der Waals surface area contributed by atoms with Crippen molar-refractivity contribution in [2.45, 2.75) is 33.9 Å². The molecule has 0 atom stereocenters. The van der Waals surface area contributed by atoms with Gasteiger partial charge in [0, 0.05) is 24.6 Å². The molecule has 0 aliphatic rings. The average Bonchev–Trinajstić information content (AvgIpc) is 2.92. The number of hydrogen-bond acceptors (Lipinski definition) is 3. The Bertz CT molecular complexity index is 664. The van der Waals surface area contributed by atoms with Crippen LogP contribution >= 0.6 is 0 Å². The van der Waals surface area contributed by atoms with E-state index >= 15 is 0 Å². The third-order valence-corrected chi connectivity index (χ3v) is 3.42. The number of nitrogens with one attached hydrogen (secondary N) is 2. The van der Waals surface area contributed by atoms with Crippen molar-refractivity contribution < 1.29 is 9.53 Å². The summed E-state index contributed by atoms with van der Waals surface area (Å²) in [5.74, 6) is 2.17. The molecule has 2 aromatic rings. The van der Waals surface area contributed by atoms with Gasteiger partial charge in [0.15, 0.2) is 0 Å². The minimum atomic E-state index is -0.256. The van der Waals surface area contributed by atoms with Crippen LogP contribution in [-0.4, -0.2) is 22.7 Å². The van der Waals surface area contributed by atoms with E-state index in [4.69, 9.17) is 4.74 Å². The van der Waals surface area contributed by atoms with Gasteiger partial charge in [0.2, 0.25) is 0 Å². The van der Waals surface area contributed by atoms with Crippen molar-refractivity contribution in [2.75, 3.05) is 12.4 Å². The van der Waals surface area contributed by atoms with E-state index in [0.717, 1.165) is 29.4 Å². The molecule has 2 amide bonds. The zero-order valence-corrected chi connectivity index (χ0v) is 14.1. The molecule has 0 bridgehead atoms. The molecule has 0 spiro atoms. The first-order chi connectivity index (χ1) is 11.0. The first-order valence-electron chi connectivity index (χ1n) is 7.69. The molecule has 6 nitrogen and oxygen atoms in total. The molecule has 1 heterocycles. The molecule has 0 fully saturated rings. The third-order valence-electron chi connectivity index (χ3n) is 3.42. The molecule has 0 saturated heterocycles. The predicted molar refractivity (Wildman–Crippen MR) is 90.7 cm³/mol. The van der Waals surface area contributed by atoms with Crippen molar-refractivity contribution >= 4 is 11.7 Å². The summed E-state index contributed by atoms with van der Waals surface area (Å²) in [6, 6.07) is 5.26. The van der Waals surface area contributed by atoms with Crippen LogP contribution in [0.15, 0.2) is 30.6 Å². The number of aryl methyl sites for hydroxylation is 1. The second kappa shape index (κ2) is 7.67. The van der Waals surface area contributed by atoms with Gasteiger partial charge in [-0.2, -0.15) is 0 Å². The van der Waals surface area contributed by atoms with Crippen LogP contribution in [0.5, 0.6) is 5.75 Å². The highest BCUT2D eigenvalue weighted by Crippen LogP contribution is 2.21. The van der Waals surface area contributed by atoms with Crippen molar-refractivity contribution in [1.29, 1.82) is 0 Å². The lowest BCUT2D eigenvalue weighted by Gasteiger charge is -2.12. The first kappa shape index (κ1) is 16.9. The average molecular weight is 316 g/mol. The van der Waals surface area contributed by atoms with E-state index in [1.54, 1.807) is 13.3 Å². The van der Waals surface area contributed by atoms with Crippen LogP contribution in [-0.2, 0) is 13.1 Å². The van der Waals surface area contributed by atoms with Crippen LogP contribution in [0.2, 0.25) is 0 Å². The van der Waals surface area contributed by atoms with Crippen molar-refractivity contribution in [2.24, 2.45) is 5.92 Å². The summed E-state index contributed by atoms with van der Waals surface area (Å²) in [4.78, 5) is 16.3.